The lowest BCUT2D eigenvalue weighted by molar-refractivity contribution is 0.0733. The van der Waals surface area contributed by atoms with Crippen LogP contribution in [0.1, 0.15) is 52.6 Å². The Kier molecular flexibility index (Phi) is 5.22. The SMILES string of the molecule is CC(C)(C)c1ccc(C(=O)Oc2ccccc2C(=O)c2ccccc2)cc1. The zero-order valence-electron chi connectivity index (χ0n) is 15.7. The lowest BCUT2D eigenvalue weighted by Crippen LogP contribution is -2.14. The monoisotopic (exact) mass is 358 g/mol. The first kappa shape index (κ1) is 18.6. The van der Waals surface area contributed by atoms with Gasteiger partial charge < -0.3 is 4.74 Å². The highest BCUT2D eigenvalue weighted by molar-refractivity contribution is 6.11. The smallest absolute Gasteiger partial charge is 0.343 e. The number of benzene rings is 3. The van der Waals surface area contributed by atoms with Crippen LogP contribution in [0.3, 0.4) is 0 Å². The van der Waals surface area contributed by atoms with Gasteiger partial charge in [0, 0.05) is 5.56 Å². The molecule has 0 aromatic heterocycles. The van der Waals surface area contributed by atoms with Crippen molar-refractivity contribution in [3.8, 4) is 5.75 Å². The molecule has 136 valence electrons. The molecule has 3 heteroatoms. The summed E-state index contributed by atoms with van der Waals surface area (Å²) in [5.41, 5.74) is 2.51. The van der Waals surface area contributed by atoms with Crippen LogP contribution in [0.2, 0.25) is 0 Å². The molecule has 0 unspecified atom stereocenters. The summed E-state index contributed by atoms with van der Waals surface area (Å²) >= 11 is 0. The Morgan fingerprint density at radius 1 is 0.704 bits per heavy atom. The molecule has 3 aromatic rings. The summed E-state index contributed by atoms with van der Waals surface area (Å²) in [4.78, 5) is 25.3. The number of ether oxygens (including phenoxy) is 1. The summed E-state index contributed by atoms with van der Waals surface area (Å²) in [7, 11) is 0. The molecule has 0 bridgehead atoms. The minimum absolute atomic E-state index is 0.0110. The van der Waals surface area contributed by atoms with Gasteiger partial charge in [-0.25, -0.2) is 4.79 Å². The fourth-order valence-electron chi connectivity index (χ4n) is 2.75. The van der Waals surface area contributed by atoms with E-state index in [-0.39, 0.29) is 16.9 Å². The van der Waals surface area contributed by atoms with Crippen molar-refractivity contribution < 1.29 is 14.3 Å². The summed E-state index contributed by atoms with van der Waals surface area (Å²) in [5.74, 6) is -0.401. The molecule has 3 nitrogen and oxygen atoms in total. The second kappa shape index (κ2) is 7.58. The van der Waals surface area contributed by atoms with E-state index in [1.54, 1.807) is 60.7 Å². The molecular formula is C24H22O3. The van der Waals surface area contributed by atoms with Gasteiger partial charge >= 0.3 is 5.97 Å². The predicted octanol–water partition coefficient (Wildman–Crippen LogP) is 5.43. The van der Waals surface area contributed by atoms with Crippen molar-refractivity contribution in [2.45, 2.75) is 26.2 Å². The fourth-order valence-corrected chi connectivity index (χ4v) is 2.75. The van der Waals surface area contributed by atoms with Gasteiger partial charge in [0.15, 0.2) is 5.78 Å². The maximum absolute atomic E-state index is 12.7. The minimum Gasteiger partial charge on any atom is -0.422 e. The zero-order chi connectivity index (χ0) is 19.4. The van der Waals surface area contributed by atoms with Gasteiger partial charge in [-0.15, -0.1) is 0 Å². The molecule has 0 amide bonds. The molecule has 0 saturated heterocycles. The first-order valence-electron chi connectivity index (χ1n) is 8.88. The van der Waals surface area contributed by atoms with E-state index in [4.69, 9.17) is 4.74 Å². The molecule has 0 aliphatic heterocycles. The number of rotatable bonds is 4. The van der Waals surface area contributed by atoms with Crippen LogP contribution in [0.25, 0.3) is 0 Å². The van der Waals surface area contributed by atoms with Gasteiger partial charge in [0.1, 0.15) is 5.75 Å². The van der Waals surface area contributed by atoms with Gasteiger partial charge in [-0.2, -0.15) is 0 Å². The highest BCUT2D eigenvalue weighted by Crippen LogP contribution is 2.25. The Morgan fingerprint density at radius 3 is 1.93 bits per heavy atom. The van der Waals surface area contributed by atoms with Crippen molar-refractivity contribution in [2.24, 2.45) is 0 Å². The Labute approximate surface area is 159 Å². The summed E-state index contributed by atoms with van der Waals surface area (Å²) < 4.78 is 5.54. The number of carbonyl (C=O) groups excluding carboxylic acids is 2. The van der Waals surface area contributed by atoms with Crippen molar-refractivity contribution in [3.63, 3.8) is 0 Å². The highest BCUT2D eigenvalue weighted by Gasteiger charge is 2.18. The minimum atomic E-state index is -0.483. The molecule has 0 radical (unpaired) electrons. The van der Waals surface area contributed by atoms with Crippen LogP contribution in [-0.4, -0.2) is 11.8 Å². The van der Waals surface area contributed by atoms with E-state index in [0.717, 1.165) is 5.56 Å². The average Bonchev–Trinajstić information content (AvgIpc) is 2.68. The summed E-state index contributed by atoms with van der Waals surface area (Å²) in [6, 6.07) is 23.1. The molecular weight excluding hydrogens is 336 g/mol. The largest absolute Gasteiger partial charge is 0.422 e. The van der Waals surface area contributed by atoms with E-state index in [1.165, 1.54) is 0 Å². The van der Waals surface area contributed by atoms with Crippen LogP contribution in [0, 0.1) is 0 Å². The van der Waals surface area contributed by atoms with Crippen LogP contribution in [0.4, 0.5) is 0 Å². The van der Waals surface area contributed by atoms with Crippen LogP contribution in [0.15, 0.2) is 78.9 Å². The lowest BCUT2D eigenvalue weighted by Gasteiger charge is -2.19. The van der Waals surface area contributed by atoms with Gasteiger partial charge in [-0.1, -0.05) is 75.4 Å². The van der Waals surface area contributed by atoms with E-state index >= 15 is 0 Å². The van der Waals surface area contributed by atoms with Crippen molar-refractivity contribution in [3.05, 3.63) is 101 Å². The van der Waals surface area contributed by atoms with Crippen LogP contribution < -0.4 is 4.74 Å². The number of ketones is 1. The van der Waals surface area contributed by atoms with E-state index in [9.17, 15) is 9.59 Å². The van der Waals surface area contributed by atoms with Crippen molar-refractivity contribution in [2.75, 3.05) is 0 Å². The first-order valence-corrected chi connectivity index (χ1v) is 8.88. The maximum Gasteiger partial charge on any atom is 0.343 e. The fraction of sp³-hybridized carbons (Fsp3) is 0.167. The summed E-state index contributed by atoms with van der Waals surface area (Å²) in [6.45, 7) is 6.35. The van der Waals surface area contributed by atoms with E-state index < -0.39 is 5.97 Å². The van der Waals surface area contributed by atoms with E-state index in [2.05, 4.69) is 20.8 Å². The summed E-state index contributed by atoms with van der Waals surface area (Å²) in [5, 5.41) is 0. The maximum atomic E-state index is 12.7. The first-order chi connectivity index (χ1) is 12.9. The second-order valence-corrected chi connectivity index (χ2v) is 7.41. The number of hydrogen-bond donors (Lipinski definition) is 0. The van der Waals surface area contributed by atoms with Gasteiger partial charge in [0.25, 0.3) is 0 Å². The topological polar surface area (TPSA) is 43.4 Å². The van der Waals surface area contributed by atoms with E-state index in [1.807, 2.05) is 18.2 Å². The van der Waals surface area contributed by atoms with Gasteiger partial charge in [0.2, 0.25) is 0 Å². The Balaban J connectivity index is 1.84. The molecule has 0 atom stereocenters. The average molecular weight is 358 g/mol. The highest BCUT2D eigenvalue weighted by atomic mass is 16.5. The number of esters is 1. The number of carbonyl (C=O) groups is 2. The van der Waals surface area contributed by atoms with Crippen LogP contribution >= 0.6 is 0 Å². The zero-order valence-corrected chi connectivity index (χ0v) is 15.7. The second-order valence-electron chi connectivity index (χ2n) is 7.41. The molecule has 0 N–H and O–H groups in total. The van der Waals surface area contributed by atoms with Crippen molar-refractivity contribution in [1.29, 1.82) is 0 Å². The molecule has 0 saturated carbocycles. The van der Waals surface area contributed by atoms with Crippen molar-refractivity contribution in [1.82, 2.24) is 0 Å². The molecule has 0 heterocycles. The van der Waals surface area contributed by atoms with Gasteiger partial charge in [0.05, 0.1) is 11.1 Å². The standard InChI is InChI=1S/C24H22O3/c1-24(2,3)19-15-13-18(14-16-19)23(26)27-21-12-8-7-11-20(21)22(25)17-9-5-4-6-10-17/h4-16H,1-3H3. The lowest BCUT2D eigenvalue weighted by atomic mass is 9.87. The quantitative estimate of drug-likeness (QED) is 0.355. The predicted molar refractivity (Wildman–Crippen MR) is 106 cm³/mol. The molecule has 0 aliphatic rings. The third-order valence-electron chi connectivity index (χ3n) is 4.36. The number of para-hydroxylation sites is 1. The van der Waals surface area contributed by atoms with Gasteiger partial charge in [-0.05, 0) is 35.2 Å². The Morgan fingerprint density at radius 2 is 1.30 bits per heavy atom. The molecule has 0 aliphatic carbocycles. The van der Waals surface area contributed by atoms with Crippen molar-refractivity contribution >= 4 is 11.8 Å². The molecule has 0 spiro atoms. The Bertz CT molecular complexity index is 949. The molecule has 0 fully saturated rings. The van der Waals surface area contributed by atoms with Gasteiger partial charge in [-0.3, -0.25) is 4.79 Å². The van der Waals surface area contributed by atoms with Crippen LogP contribution in [-0.2, 0) is 5.41 Å². The molecule has 3 rings (SSSR count). The van der Waals surface area contributed by atoms with Crippen LogP contribution in [0.5, 0.6) is 5.75 Å². The third-order valence-corrected chi connectivity index (χ3v) is 4.36. The molecule has 3 aromatic carbocycles. The molecule has 27 heavy (non-hydrogen) atoms. The number of hydrogen-bond acceptors (Lipinski definition) is 3. The van der Waals surface area contributed by atoms with E-state index in [0.29, 0.717) is 16.7 Å². The summed E-state index contributed by atoms with van der Waals surface area (Å²) in [6.07, 6.45) is 0. The Hall–Kier alpha value is -3.20. The third kappa shape index (κ3) is 4.32. The normalized spacial score (nSPS) is 11.1.